The fourth-order valence-corrected chi connectivity index (χ4v) is 3.22. The SMILES string of the molecule is CCc1ccc(OC(C)c2nnc(SCC(=O)NC3CC3)n2C)cc1. The van der Waals surface area contributed by atoms with E-state index in [4.69, 9.17) is 4.74 Å². The Morgan fingerprint density at radius 1 is 1.36 bits per heavy atom. The molecule has 2 aromatic rings. The van der Waals surface area contributed by atoms with Crippen LogP contribution >= 0.6 is 11.8 Å². The summed E-state index contributed by atoms with van der Waals surface area (Å²) in [5, 5.41) is 12.1. The molecule has 1 aliphatic rings. The zero-order valence-electron chi connectivity index (χ0n) is 14.9. The van der Waals surface area contributed by atoms with E-state index < -0.39 is 0 Å². The van der Waals surface area contributed by atoms with E-state index in [1.165, 1.54) is 17.3 Å². The maximum Gasteiger partial charge on any atom is 0.230 e. The summed E-state index contributed by atoms with van der Waals surface area (Å²) in [7, 11) is 1.90. The Morgan fingerprint density at radius 3 is 2.72 bits per heavy atom. The molecule has 0 bridgehead atoms. The van der Waals surface area contributed by atoms with Crippen LogP contribution in [0.4, 0.5) is 0 Å². The highest BCUT2D eigenvalue weighted by Gasteiger charge is 2.24. The number of thioether (sulfide) groups is 1. The van der Waals surface area contributed by atoms with Gasteiger partial charge in [0.2, 0.25) is 5.91 Å². The van der Waals surface area contributed by atoms with Crippen LogP contribution in [0, 0.1) is 0 Å². The van der Waals surface area contributed by atoms with Crippen molar-refractivity contribution in [2.24, 2.45) is 7.05 Å². The van der Waals surface area contributed by atoms with Crippen molar-refractivity contribution in [1.82, 2.24) is 20.1 Å². The van der Waals surface area contributed by atoms with Crippen LogP contribution < -0.4 is 10.1 Å². The van der Waals surface area contributed by atoms with Crippen molar-refractivity contribution >= 4 is 17.7 Å². The standard InChI is InChI=1S/C18H24N4O2S/c1-4-13-5-9-15(10-6-13)24-12(2)17-20-21-18(22(17)3)25-11-16(23)19-14-7-8-14/h5-6,9-10,12,14H,4,7-8,11H2,1-3H3,(H,19,23). The van der Waals surface area contributed by atoms with Gasteiger partial charge in [-0.15, -0.1) is 10.2 Å². The minimum Gasteiger partial charge on any atom is -0.483 e. The zero-order valence-corrected chi connectivity index (χ0v) is 15.7. The summed E-state index contributed by atoms with van der Waals surface area (Å²) in [5.74, 6) is 1.96. The molecule has 0 radical (unpaired) electrons. The van der Waals surface area contributed by atoms with E-state index in [1.54, 1.807) is 0 Å². The number of carbonyl (C=O) groups is 1. The Labute approximate surface area is 152 Å². The third-order valence-corrected chi connectivity index (χ3v) is 5.17. The van der Waals surface area contributed by atoms with Gasteiger partial charge >= 0.3 is 0 Å². The van der Waals surface area contributed by atoms with Crippen LogP contribution in [0.15, 0.2) is 29.4 Å². The van der Waals surface area contributed by atoms with E-state index in [0.717, 1.165) is 36.0 Å². The van der Waals surface area contributed by atoms with Gasteiger partial charge in [0.15, 0.2) is 17.1 Å². The Balaban J connectivity index is 1.57. The van der Waals surface area contributed by atoms with Gasteiger partial charge in [0, 0.05) is 13.1 Å². The van der Waals surface area contributed by atoms with Gasteiger partial charge < -0.3 is 14.6 Å². The van der Waals surface area contributed by atoms with Gasteiger partial charge in [-0.25, -0.2) is 0 Å². The Hall–Kier alpha value is -2.02. The molecule has 0 saturated heterocycles. The van der Waals surface area contributed by atoms with E-state index in [9.17, 15) is 4.79 Å². The third kappa shape index (κ3) is 4.75. The molecule has 0 aliphatic heterocycles. The van der Waals surface area contributed by atoms with Crippen molar-refractivity contribution in [1.29, 1.82) is 0 Å². The molecule has 1 fully saturated rings. The number of rotatable bonds is 8. The van der Waals surface area contributed by atoms with Gasteiger partial charge in [-0.2, -0.15) is 0 Å². The third-order valence-electron chi connectivity index (χ3n) is 4.15. The lowest BCUT2D eigenvalue weighted by Gasteiger charge is -2.14. The lowest BCUT2D eigenvalue weighted by Crippen LogP contribution is -2.27. The molecule has 1 aliphatic carbocycles. The van der Waals surface area contributed by atoms with Gasteiger partial charge in [0.05, 0.1) is 5.75 Å². The summed E-state index contributed by atoms with van der Waals surface area (Å²) < 4.78 is 7.86. The van der Waals surface area contributed by atoms with E-state index in [-0.39, 0.29) is 12.0 Å². The second kappa shape index (κ2) is 7.91. The Kier molecular flexibility index (Phi) is 5.63. The second-order valence-electron chi connectivity index (χ2n) is 6.29. The number of aryl methyl sites for hydroxylation is 1. The molecule has 1 aromatic heterocycles. The van der Waals surface area contributed by atoms with Gasteiger partial charge in [-0.1, -0.05) is 30.8 Å². The summed E-state index contributed by atoms with van der Waals surface area (Å²) in [6, 6.07) is 8.47. The number of carbonyl (C=O) groups excluding carboxylic acids is 1. The molecule has 3 rings (SSSR count). The molecule has 1 atom stereocenters. The summed E-state index contributed by atoms with van der Waals surface area (Å²) in [4.78, 5) is 11.8. The first-order valence-corrected chi connectivity index (χ1v) is 9.62. The molecule has 134 valence electrons. The lowest BCUT2D eigenvalue weighted by atomic mass is 10.2. The van der Waals surface area contributed by atoms with Crippen molar-refractivity contribution in [3.63, 3.8) is 0 Å². The van der Waals surface area contributed by atoms with Crippen molar-refractivity contribution in [3.05, 3.63) is 35.7 Å². The van der Waals surface area contributed by atoms with Crippen LogP contribution in [0.25, 0.3) is 0 Å². The largest absolute Gasteiger partial charge is 0.483 e. The minimum atomic E-state index is -0.223. The number of nitrogens with one attached hydrogen (secondary N) is 1. The van der Waals surface area contributed by atoms with Gasteiger partial charge in [-0.3, -0.25) is 4.79 Å². The number of hydrogen-bond donors (Lipinski definition) is 1. The van der Waals surface area contributed by atoms with Crippen LogP contribution in [0.3, 0.4) is 0 Å². The predicted octanol–water partition coefficient (Wildman–Crippen LogP) is 2.89. The number of aromatic nitrogens is 3. The number of hydrogen-bond acceptors (Lipinski definition) is 5. The van der Waals surface area contributed by atoms with Crippen molar-refractivity contribution in [2.45, 2.75) is 50.4 Å². The zero-order chi connectivity index (χ0) is 17.8. The first kappa shape index (κ1) is 17.8. The highest BCUT2D eigenvalue weighted by molar-refractivity contribution is 7.99. The van der Waals surface area contributed by atoms with Gasteiger partial charge in [-0.05, 0) is 43.9 Å². The summed E-state index contributed by atoms with van der Waals surface area (Å²) >= 11 is 1.40. The van der Waals surface area contributed by atoms with Gasteiger partial charge in [0.25, 0.3) is 0 Å². The molecule has 1 unspecified atom stereocenters. The molecule has 7 heteroatoms. The minimum absolute atomic E-state index is 0.0531. The maximum atomic E-state index is 11.8. The van der Waals surface area contributed by atoms with Crippen LogP contribution in [0.5, 0.6) is 5.75 Å². The fraction of sp³-hybridized carbons (Fsp3) is 0.500. The first-order chi connectivity index (χ1) is 12.1. The number of amides is 1. The number of benzene rings is 1. The maximum absolute atomic E-state index is 11.8. The average Bonchev–Trinajstić information content (AvgIpc) is 3.34. The van der Waals surface area contributed by atoms with Crippen LogP contribution in [0.2, 0.25) is 0 Å². The number of nitrogens with zero attached hydrogens (tertiary/aromatic N) is 3. The van der Waals surface area contributed by atoms with Crippen LogP contribution in [0.1, 0.15) is 44.2 Å². The van der Waals surface area contributed by atoms with E-state index in [2.05, 4.69) is 34.6 Å². The fourth-order valence-electron chi connectivity index (χ4n) is 2.49. The smallest absolute Gasteiger partial charge is 0.230 e. The highest BCUT2D eigenvalue weighted by Crippen LogP contribution is 2.24. The quantitative estimate of drug-likeness (QED) is 0.733. The molecular weight excluding hydrogens is 336 g/mol. The molecule has 6 nitrogen and oxygen atoms in total. The molecule has 1 aromatic carbocycles. The Morgan fingerprint density at radius 2 is 2.08 bits per heavy atom. The van der Waals surface area contributed by atoms with Crippen LogP contribution in [-0.2, 0) is 18.3 Å². The van der Waals surface area contributed by atoms with E-state index in [0.29, 0.717) is 11.8 Å². The molecule has 1 N–H and O–H groups in total. The molecule has 1 saturated carbocycles. The molecule has 0 spiro atoms. The summed E-state index contributed by atoms with van der Waals surface area (Å²) in [5.41, 5.74) is 1.28. The lowest BCUT2D eigenvalue weighted by molar-refractivity contribution is -0.118. The van der Waals surface area contributed by atoms with Crippen molar-refractivity contribution < 1.29 is 9.53 Å². The topological polar surface area (TPSA) is 69.0 Å². The summed E-state index contributed by atoms with van der Waals surface area (Å²) in [6.07, 6.45) is 2.98. The summed E-state index contributed by atoms with van der Waals surface area (Å²) in [6.45, 7) is 4.08. The molecule has 1 amide bonds. The molecule has 25 heavy (non-hydrogen) atoms. The highest BCUT2D eigenvalue weighted by atomic mass is 32.2. The molecular formula is C18H24N4O2S. The first-order valence-electron chi connectivity index (χ1n) is 8.64. The molecule has 1 heterocycles. The Bertz CT molecular complexity index is 725. The predicted molar refractivity (Wildman–Crippen MR) is 97.8 cm³/mol. The van der Waals surface area contributed by atoms with Crippen LogP contribution in [-0.4, -0.2) is 32.5 Å². The monoisotopic (exact) mass is 360 g/mol. The van der Waals surface area contributed by atoms with E-state index >= 15 is 0 Å². The average molecular weight is 360 g/mol. The normalized spacial score (nSPS) is 15.0. The van der Waals surface area contributed by atoms with E-state index in [1.807, 2.05) is 30.7 Å². The van der Waals surface area contributed by atoms with Crippen molar-refractivity contribution in [3.8, 4) is 5.75 Å². The van der Waals surface area contributed by atoms with Crippen molar-refractivity contribution in [2.75, 3.05) is 5.75 Å². The van der Waals surface area contributed by atoms with Gasteiger partial charge in [0.1, 0.15) is 5.75 Å². The number of ether oxygens (including phenoxy) is 1. The second-order valence-corrected chi connectivity index (χ2v) is 7.23.